The van der Waals surface area contributed by atoms with E-state index in [9.17, 15) is 4.79 Å². The highest BCUT2D eigenvalue weighted by molar-refractivity contribution is 7.80. The summed E-state index contributed by atoms with van der Waals surface area (Å²) in [6.07, 6.45) is 1.91. The molecule has 0 amide bonds. The van der Waals surface area contributed by atoms with E-state index in [1.165, 1.54) is 6.33 Å². The summed E-state index contributed by atoms with van der Waals surface area (Å²) in [5.41, 5.74) is 5.16. The Morgan fingerprint density at radius 1 is 1.67 bits per heavy atom. The van der Waals surface area contributed by atoms with E-state index in [2.05, 4.69) is 23.8 Å². The third-order valence-electron chi connectivity index (χ3n) is 2.29. The molecular weight excluding hydrogens is 272 g/mol. The molecule has 18 heavy (non-hydrogen) atoms. The van der Waals surface area contributed by atoms with Crippen LogP contribution in [0.3, 0.4) is 0 Å². The lowest BCUT2D eigenvalue weighted by Gasteiger charge is -2.25. The van der Waals surface area contributed by atoms with Crippen molar-refractivity contribution in [2.24, 2.45) is 11.7 Å². The molecule has 0 aromatic carbocycles. The summed E-state index contributed by atoms with van der Waals surface area (Å²) < 4.78 is 0. The normalized spacial score (nSPS) is 10.7. The molecule has 1 heterocycles. The summed E-state index contributed by atoms with van der Waals surface area (Å²) in [4.78, 5) is 20.4. The SMILES string of the molecule is CC(C)CN(CCC(N)=S)c1nc[nH]c(=O)c1Cl. The predicted octanol–water partition coefficient (Wildman–Crippen LogP) is 1.56. The van der Waals surface area contributed by atoms with Gasteiger partial charge >= 0.3 is 0 Å². The van der Waals surface area contributed by atoms with Crippen molar-refractivity contribution in [2.45, 2.75) is 20.3 Å². The number of hydrogen-bond donors (Lipinski definition) is 2. The fourth-order valence-electron chi connectivity index (χ4n) is 1.56. The fraction of sp³-hybridized carbons (Fsp3) is 0.545. The van der Waals surface area contributed by atoms with Gasteiger partial charge in [-0.3, -0.25) is 4.79 Å². The van der Waals surface area contributed by atoms with Crippen LogP contribution in [0.4, 0.5) is 5.82 Å². The lowest BCUT2D eigenvalue weighted by molar-refractivity contribution is 0.608. The summed E-state index contributed by atoms with van der Waals surface area (Å²) >= 11 is 10.8. The Kier molecular flexibility index (Phi) is 5.55. The van der Waals surface area contributed by atoms with Gasteiger partial charge in [0.2, 0.25) is 0 Å². The van der Waals surface area contributed by atoms with Gasteiger partial charge in [0.25, 0.3) is 5.56 Å². The van der Waals surface area contributed by atoms with Crippen LogP contribution < -0.4 is 16.2 Å². The van der Waals surface area contributed by atoms with Gasteiger partial charge in [-0.15, -0.1) is 0 Å². The van der Waals surface area contributed by atoms with Crippen molar-refractivity contribution < 1.29 is 0 Å². The Hall–Kier alpha value is -1.14. The molecule has 0 aliphatic heterocycles. The first kappa shape index (κ1) is 14.9. The Morgan fingerprint density at radius 2 is 2.33 bits per heavy atom. The topological polar surface area (TPSA) is 75.0 Å². The van der Waals surface area contributed by atoms with E-state index in [4.69, 9.17) is 29.6 Å². The number of aromatic amines is 1. The van der Waals surface area contributed by atoms with Crippen molar-refractivity contribution >= 4 is 34.6 Å². The molecule has 100 valence electrons. The van der Waals surface area contributed by atoms with Crippen molar-refractivity contribution in [1.29, 1.82) is 0 Å². The molecule has 0 aliphatic carbocycles. The van der Waals surface area contributed by atoms with Gasteiger partial charge in [-0.05, 0) is 5.92 Å². The van der Waals surface area contributed by atoms with E-state index < -0.39 is 0 Å². The quantitative estimate of drug-likeness (QED) is 0.777. The molecule has 0 saturated heterocycles. The number of rotatable bonds is 6. The Balaban J connectivity index is 2.97. The number of nitrogens with zero attached hydrogens (tertiary/aromatic N) is 2. The molecule has 0 atom stereocenters. The minimum absolute atomic E-state index is 0.0982. The smallest absolute Gasteiger partial charge is 0.271 e. The van der Waals surface area contributed by atoms with Crippen LogP contribution in [0.2, 0.25) is 5.02 Å². The van der Waals surface area contributed by atoms with E-state index in [1.807, 2.05) is 4.90 Å². The second-order valence-electron chi connectivity index (χ2n) is 4.43. The second kappa shape index (κ2) is 6.70. The average molecular weight is 289 g/mol. The van der Waals surface area contributed by atoms with Gasteiger partial charge in [-0.25, -0.2) is 4.98 Å². The lowest BCUT2D eigenvalue weighted by Crippen LogP contribution is -2.33. The number of H-pyrrole nitrogens is 1. The molecule has 0 radical (unpaired) electrons. The van der Waals surface area contributed by atoms with Gasteiger partial charge < -0.3 is 15.6 Å². The standard InChI is InChI=1S/C11H17ClN4OS/c1-7(2)5-16(4-3-8(13)18)10-9(12)11(17)15-6-14-10/h6-7H,3-5H2,1-2H3,(H2,13,18)(H,14,15,17). The first-order valence-corrected chi connectivity index (χ1v) is 6.47. The number of nitrogens with one attached hydrogen (secondary N) is 1. The van der Waals surface area contributed by atoms with Crippen LogP contribution in [0.5, 0.6) is 0 Å². The molecule has 0 spiro atoms. The second-order valence-corrected chi connectivity index (χ2v) is 5.33. The number of anilines is 1. The van der Waals surface area contributed by atoms with Crippen LogP contribution in [0.1, 0.15) is 20.3 Å². The predicted molar refractivity (Wildman–Crippen MR) is 78.3 cm³/mol. The molecule has 1 aromatic heterocycles. The first-order valence-electron chi connectivity index (χ1n) is 5.68. The maximum atomic E-state index is 11.5. The largest absolute Gasteiger partial charge is 0.393 e. The van der Waals surface area contributed by atoms with Crippen LogP contribution in [-0.2, 0) is 0 Å². The van der Waals surface area contributed by atoms with Gasteiger partial charge in [-0.2, -0.15) is 0 Å². The molecule has 0 unspecified atom stereocenters. The third kappa shape index (κ3) is 4.27. The van der Waals surface area contributed by atoms with Crippen LogP contribution >= 0.6 is 23.8 Å². The van der Waals surface area contributed by atoms with Crippen molar-refractivity contribution in [3.8, 4) is 0 Å². The zero-order valence-electron chi connectivity index (χ0n) is 10.4. The van der Waals surface area contributed by atoms with Crippen LogP contribution in [0.15, 0.2) is 11.1 Å². The molecule has 5 nitrogen and oxygen atoms in total. The van der Waals surface area contributed by atoms with Gasteiger partial charge in [0.05, 0.1) is 11.3 Å². The van der Waals surface area contributed by atoms with Crippen molar-refractivity contribution in [1.82, 2.24) is 9.97 Å². The number of hydrogen-bond acceptors (Lipinski definition) is 4. The van der Waals surface area contributed by atoms with E-state index in [1.54, 1.807) is 0 Å². The number of halogens is 1. The summed E-state index contributed by atoms with van der Waals surface area (Å²) in [5.74, 6) is 0.888. The molecule has 3 N–H and O–H groups in total. The van der Waals surface area contributed by atoms with Crippen LogP contribution in [0, 0.1) is 5.92 Å². The van der Waals surface area contributed by atoms with Crippen molar-refractivity contribution in [3.05, 3.63) is 21.7 Å². The molecule has 1 rings (SSSR count). The number of aromatic nitrogens is 2. The molecule has 0 fully saturated rings. The van der Waals surface area contributed by atoms with Gasteiger partial charge in [0, 0.05) is 19.5 Å². The molecule has 0 aliphatic rings. The minimum Gasteiger partial charge on any atom is -0.393 e. The molecule has 0 saturated carbocycles. The lowest BCUT2D eigenvalue weighted by atomic mass is 10.2. The molecular formula is C11H17ClN4OS. The Labute approximate surface area is 116 Å². The van der Waals surface area contributed by atoms with E-state index in [0.717, 1.165) is 6.54 Å². The van der Waals surface area contributed by atoms with Crippen molar-refractivity contribution in [3.63, 3.8) is 0 Å². The summed E-state index contributed by atoms with van der Waals surface area (Å²) in [6, 6.07) is 0. The summed E-state index contributed by atoms with van der Waals surface area (Å²) in [5, 5.41) is 0.0982. The van der Waals surface area contributed by atoms with Crippen molar-refractivity contribution in [2.75, 3.05) is 18.0 Å². The zero-order chi connectivity index (χ0) is 13.7. The Morgan fingerprint density at radius 3 is 2.89 bits per heavy atom. The van der Waals surface area contributed by atoms with Gasteiger partial charge in [-0.1, -0.05) is 37.7 Å². The number of nitrogens with two attached hydrogens (primary N) is 1. The molecule has 1 aromatic rings. The maximum Gasteiger partial charge on any atom is 0.271 e. The highest BCUT2D eigenvalue weighted by Gasteiger charge is 2.15. The van der Waals surface area contributed by atoms with Crippen LogP contribution in [-0.4, -0.2) is 28.0 Å². The van der Waals surface area contributed by atoms with E-state index >= 15 is 0 Å². The van der Waals surface area contributed by atoms with Gasteiger partial charge in [0.1, 0.15) is 5.02 Å². The monoisotopic (exact) mass is 288 g/mol. The third-order valence-corrected chi connectivity index (χ3v) is 2.84. The average Bonchev–Trinajstić information content (AvgIpc) is 2.27. The highest BCUT2D eigenvalue weighted by Crippen LogP contribution is 2.19. The van der Waals surface area contributed by atoms with E-state index in [0.29, 0.717) is 29.7 Å². The zero-order valence-corrected chi connectivity index (χ0v) is 12.0. The molecule has 7 heteroatoms. The molecule has 0 bridgehead atoms. The minimum atomic E-state index is -0.342. The summed E-state index contributed by atoms with van der Waals surface area (Å²) in [6.45, 7) is 5.49. The number of thiocarbonyl (C=S) groups is 1. The fourth-order valence-corrected chi connectivity index (χ4v) is 1.88. The maximum absolute atomic E-state index is 11.5. The Bertz CT molecular complexity index is 474. The van der Waals surface area contributed by atoms with E-state index in [-0.39, 0.29) is 10.6 Å². The highest BCUT2D eigenvalue weighted by atomic mass is 35.5. The van der Waals surface area contributed by atoms with Gasteiger partial charge in [0.15, 0.2) is 5.82 Å². The first-order chi connectivity index (χ1) is 8.41. The van der Waals surface area contributed by atoms with Crippen LogP contribution in [0.25, 0.3) is 0 Å². The summed E-state index contributed by atoms with van der Waals surface area (Å²) in [7, 11) is 0.